The first kappa shape index (κ1) is 15.0. The van der Waals surface area contributed by atoms with Crippen molar-refractivity contribution in [1.82, 2.24) is 9.45 Å². The van der Waals surface area contributed by atoms with Crippen molar-refractivity contribution < 1.29 is 0 Å². The van der Waals surface area contributed by atoms with Gasteiger partial charge in [0.15, 0.2) is 8.24 Å². The summed E-state index contributed by atoms with van der Waals surface area (Å²) in [4.78, 5) is 0. The SMILES string of the molecule is CC(C)[Si](C(C)C)(n1cc(Br)cn1)C(C)(C)C. The Morgan fingerprint density at radius 2 is 1.65 bits per heavy atom. The normalized spacial score (nSPS) is 13.8. The molecule has 0 amide bonds. The van der Waals surface area contributed by atoms with Crippen molar-refractivity contribution in [3.8, 4) is 0 Å². The molecule has 0 saturated carbocycles. The largest absolute Gasteiger partial charge is 0.299 e. The van der Waals surface area contributed by atoms with Gasteiger partial charge in [-0.05, 0) is 32.1 Å². The maximum Gasteiger partial charge on any atom is 0.195 e. The van der Waals surface area contributed by atoms with Crippen LogP contribution in [0.2, 0.25) is 16.1 Å². The fourth-order valence-corrected chi connectivity index (χ4v) is 11.4. The minimum absolute atomic E-state index is 0.292. The second kappa shape index (κ2) is 4.88. The molecule has 0 radical (unpaired) electrons. The van der Waals surface area contributed by atoms with Gasteiger partial charge in [-0.15, -0.1) is 0 Å². The maximum atomic E-state index is 4.63. The summed E-state index contributed by atoms with van der Waals surface area (Å²) in [5, 5.41) is 4.92. The van der Waals surface area contributed by atoms with Crippen LogP contribution in [0, 0.1) is 0 Å². The number of halogens is 1. The zero-order chi connectivity index (χ0) is 13.4. The van der Waals surface area contributed by atoms with E-state index in [0.717, 1.165) is 4.47 Å². The molecule has 0 aliphatic rings. The molecular weight excluding hydrogens is 292 g/mol. The van der Waals surface area contributed by atoms with Crippen LogP contribution in [0.5, 0.6) is 0 Å². The molecule has 0 saturated heterocycles. The minimum atomic E-state index is -1.73. The van der Waals surface area contributed by atoms with Gasteiger partial charge in [0, 0.05) is 6.20 Å². The van der Waals surface area contributed by atoms with Gasteiger partial charge in [0.1, 0.15) is 0 Å². The lowest BCUT2D eigenvalue weighted by molar-refractivity contribution is 0.612. The van der Waals surface area contributed by atoms with Crippen LogP contribution in [0.15, 0.2) is 16.9 Å². The Morgan fingerprint density at radius 1 is 1.18 bits per heavy atom. The molecule has 0 aliphatic heterocycles. The molecule has 17 heavy (non-hydrogen) atoms. The zero-order valence-corrected chi connectivity index (χ0v) is 14.7. The predicted octanol–water partition coefficient (Wildman–Crippen LogP) is 5.06. The van der Waals surface area contributed by atoms with Crippen molar-refractivity contribution in [3.63, 3.8) is 0 Å². The Bertz CT molecular complexity index is 369. The van der Waals surface area contributed by atoms with Gasteiger partial charge in [-0.3, -0.25) is 4.35 Å². The van der Waals surface area contributed by atoms with E-state index in [-0.39, 0.29) is 0 Å². The summed E-state index contributed by atoms with van der Waals surface area (Å²) in [5.74, 6) is 0. The average Bonchev–Trinajstić information content (AvgIpc) is 2.48. The molecule has 4 heteroatoms. The fraction of sp³-hybridized carbons (Fsp3) is 0.769. The number of hydrogen-bond donors (Lipinski definition) is 0. The smallest absolute Gasteiger partial charge is 0.195 e. The van der Waals surface area contributed by atoms with Crippen molar-refractivity contribution in [3.05, 3.63) is 16.9 Å². The molecular formula is C13H25BrN2Si. The summed E-state index contributed by atoms with van der Waals surface area (Å²) in [6, 6.07) is 0. The van der Waals surface area contributed by atoms with Crippen LogP contribution >= 0.6 is 15.9 Å². The zero-order valence-electron chi connectivity index (χ0n) is 12.1. The summed E-state index contributed by atoms with van der Waals surface area (Å²) >= 11 is 3.53. The van der Waals surface area contributed by atoms with Crippen LogP contribution in [0.1, 0.15) is 48.5 Å². The van der Waals surface area contributed by atoms with Crippen LogP contribution in [-0.2, 0) is 0 Å². The summed E-state index contributed by atoms with van der Waals surface area (Å²) in [5.41, 5.74) is 1.32. The van der Waals surface area contributed by atoms with Gasteiger partial charge in [-0.25, -0.2) is 0 Å². The van der Waals surface area contributed by atoms with E-state index >= 15 is 0 Å². The van der Waals surface area contributed by atoms with Crippen LogP contribution in [0.3, 0.4) is 0 Å². The van der Waals surface area contributed by atoms with E-state index in [4.69, 9.17) is 0 Å². The quantitative estimate of drug-likeness (QED) is 0.713. The molecule has 2 nitrogen and oxygen atoms in total. The third-order valence-corrected chi connectivity index (χ3v) is 11.2. The molecule has 1 aromatic heterocycles. The number of hydrogen-bond acceptors (Lipinski definition) is 1. The first-order valence-corrected chi connectivity index (χ1v) is 9.24. The van der Waals surface area contributed by atoms with E-state index in [1.165, 1.54) is 0 Å². The third kappa shape index (κ3) is 2.39. The second-order valence-electron chi connectivity index (χ2n) is 6.49. The van der Waals surface area contributed by atoms with Gasteiger partial charge in [-0.1, -0.05) is 48.5 Å². The summed E-state index contributed by atoms with van der Waals surface area (Å²) in [6.45, 7) is 16.5. The molecule has 1 aromatic rings. The van der Waals surface area contributed by atoms with Crippen molar-refractivity contribution >= 4 is 24.2 Å². The number of rotatable bonds is 3. The van der Waals surface area contributed by atoms with Crippen molar-refractivity contribution in [1.29, 1.82) is 0 Å². The molecule has 98 valence electrons. The Hall–Kier alpha value is -0.0931. The van der Waals surface area contributed by atoms with Gasteiger partial charge in [-0.2, -0.15) is 5.10 Å². The molecule has 1 rings (SSSR count). The van der Waals surface area contributed by atoms with Crippen LogP contribution in [-0.4, -0.2) is 17.7 Å². The highest BCUT2D eigenvalue weighted by atomic mass is 79.9. The van der Waals surface area contributed by atoms with Crippen LogP contribution in [0.25, 0.3) is 0 Å². The highest BCUT2D eigenvalue weighted by Gasteiger charge is 2.52. The first-order chi connectivity index (χ1) is 7.64. The Labute approximate surface area is 115 Å². The summed E-state index contributed by atoms with van der Waals surface area (Å²) < 4.78 is 3.38. The molecule has 0 unspecified atom stereocenters. The van der Waals surface area contributed by atoms with Gasteiger partial charge in [0.05, 0.1) is 10.7 Å². The highest BCUT2D eigenvalue weighted by Crippen LogP contribution is 2.50. The van der Waals surface area contributed by atoms with Crippen molar-refractivity contribution in [2.75, 3.05) is 0 Å². The minimum Gasteiger partial charge on any atom is -0.299 e. The molecule has 0 spiro atoms. The van der Waals surface area contributed by atoms with E-state index in [2.05, 4.69) is 80.0 Å². The summed E-state index contributed by atoms with van der Waals surface area (Å²) in [7, 11) is -1.73. The Morgan fingerprint density at radius 3 is 1.88 bits per heavy atom. The van der Waals surface area contributed by atoms with E-state index < -0.39 is 8.24 Å². The van der Waals surface area contributed by atoms with Crippen LogP contribution in [0.4, 0.5) is 0 Å². The van der Waals surface area contributed by atoms with Gasteiger partial charge in [0.2, 0.25) is 0 Å². The standard InChI is InChI=1S/C13H25BrN2Si/c1-10(2)17(11(3)4,13(5,6)7)16-9-12(14)8-15-16/h8-11H,1-7H3. The topological polar surface area (TPSA) is 17.8 Å². The van der Waals surface area contributed by atoms with Gasteiger partial charge >= 0.3 is 0 Å². The molecule has 0 aromatic carbocycles. The lowest BCUT2D eigenvalue weighted by Gasteiger charge is -2.48. The molecule has 0 fully saturated rings. The molecule has 0 bridgehead atoms. The van der Waals surface area contributed by atoms with E-state index in [1.54, 1.807) is 0 Å². The lowest BCUT2D eigenvalue weighted by atomic mass is 10.2. The Balaban J connectivity index is 3.46. The van der Waals surface area contributed by atoms with Crippen molar-refractivity contribution in [2.45, 2.75) is 64.6 Å². The number of aromatic nitrogens is 2. The molecule has 0 aliphatic carbocycles. The molecule has 0 atom stereocenters. The predicted molar refractivity (Wildman–Crippen MR) is 81.0 cm³/mol. The molecule has 0 N–H and O–H groups in total. The molecule has 1 heterocycles. The van der Waals surface area contributed by atoms with E-state index in [1.807, 2.05) is 6.20 Å². The Kier molecular flexibility index (Phi) is 4.30. The van der Waals surface area contributed by atoms with Gasteiger partial charge < -0.3 is 0 Å². The maximum absolute atomic E-state index is 4.63. The number of nitrogens with zero attached hydrogens (tertiary/aromatic N) is 2. The average molecular weight is 317 g/mol. The van der Waals surface area contributed by atoms with E-state index in [9.17, 15) is 0 Å². The highest BCUT2D eigenvalue weighted by molar-refractivity contribution is 9.10. The fourth-order valence-electron chi connectivity index (χ4n) is 3.77. The van der Waals surface area contributed by atoms with Gasteiger partial charge in [0.25, 0.3) is 0 Å². The van der Waals surface area contributed by atoms with Crippen molar-refractivity contribution in [2.24, 2.45) is 0 Å². The van der Waals surface area contributed by atoms with E-state index in [0.29, 0.717) is 16.1 Å². The third-order valence-electron chi connectivity index (χ3n) is 3.89. The van der Waals surface area contributed by atoms with Crippen LogP contribution < -0.4 is 0 Å². The summed E-state index contributed by atoms with van der Waals surface area (Å²) in [6.07, 6.45) is 4.08. The monoisotopic (exact) mass is 316 g/mol. The second-order valence-corrected chi connectivity index (χ2v) is 13.3. The first-order valence-electron chi connectivity index (χ1n) is 6.34. The lowest BCUT2D eigenvalue weighted by Crippen LogP contribution is -2.56.